The molecule has 1 atom stereocenters. The number of esters is 1. The fraction of sp³-hybridized carbons (Fsp3) is 0.800. The van der Waals surface area contributed by atoms with Gasteiger partial charge in [0.05, 0.1) is 12.0 Å². The second-order valence-corrected chi connectivity index (χ2v) is 4.92. The van der Waals surface area contributed by atoms with E-state index < -0.39 is 5.41 Å². The van der Waals surface area contributed by atoms with Crippen LogP contribution in [0, 0.1) is 5.41 Å². The van der Waals surface area contributed by atoms with Crippen molar-refractivity contribution in [2.24, 2.45) is 5.41 Å². The lowest BCUT2D eigenvalue weighted by molar-refractivity contribution is -0.152. The molecule has 0 saturated carbocycles. The molecular weight excluding hydrogens is 212 g/mol. The molecular formula is C15H28O2. The molecule has 0 aromatic rings. The van der Waals surface area contributed by atoms with Crippen molar-refractivity contribution in [3.8, 4) is 0 Å². The SMILES string of the molecule is C=CC(C)(CCCCC)C(=O)OCCCCC. The van der Waals surface area contributed by atoms with Crippen molar-refractivity contribution < 1.29 is 9.53 Å². The number of carbonyl (C=O) groups is 1. The second kappa shape index (κ2) is 9.26. The maximum Gasteiger partial charge on any atom is 0.315 e. The average Bonchev–Trinajstić information content (AvgIpc) is 2.34. The number of hydrogen-bond donors (Lipinski definition) is 0. The van der Waals surface area contributed by atoms with Gasteiger partial charge < -0.3 is 4.74 Å². The van der Waals surface area contributed by atoms with Gasteiger partial charge in [0.25, 0.3) is 0 Å². The van der Waals surface area contributed by atoms with Gasteiger partial charge in [-0.25, -0.2) is 0 Å². The van der Waals surface area contributed by atoms with Crippen molar-refractivity contribution in [1.82, 2.24) is 0 Å². The summed E-state index contributed by atoms with van der Waals surface area (Å²) in [5, 5.41) is 0. The highest BCUT2D eigenvalue weighted by Gasteiger charge is 2.30. The van der Waals surface area contributed by atoms with Crippen molar-refractivity contribution >= 4 is 5.97 Å². The van der Waals surface area contributed by atoms with Crippen LogP contribution < -0.4 is 0 Å². The fourth-order valence-electron chi connectivity index (χ4n) is 1.71. The molecule has 0 fully saturated rings. The predicted molar refractivity (Wildman–Crippen MR) is 72.9 cm³/mol. The minimum atomic E-state index is -0.499. The highest BCUT2D eigenvalue weighted by Crippen LogP contribution is 2.27. The molecule has 0 aliphatic heterocycles. The van der Waals surface area contributed by atoms with E-state index >= 15 is 0 Å². The number of hydrogen-bond acceptors (Lipinski definition) is 2. The van der Waals surface area contributed by atoms with Gasteiger partial charge in [-0.05, 0) is 19.8 Å². The van der Waals surface area contributed by atoms with Crippen molar-refractivity contribution in [2.75, 3.05) is 6.61 Å². The molecule has 0 radical (unpaired) electrons. The van der Waals surface area contributed by atoms with Crippen LogP contribution >= 0.6 is 0 Å². The van der Waals surface area contributed by atoms with Gasteiger partial charge >= 0.3 is 5.97 Å². The number of rotatable bonds is 10. The van der Waals surface area contributed by atoms with E-state index in [0.29, 0.717) is 6.61 Å². The Labute approximate surface area is 106 Å². The van der Waals surface area contributed by atoms with E-state index in [0.717, 1.165) is 38.5 Å². The second-order valence-electron chi connectivity index (χ2n) is 4.92. The van der Waals surface area contributed by atoms with Crippen LogP contribution in [0.25, 0.3) is 0 Å². The Hall–Kier alpha value is -0.790. The molecule has 0 N–H and O–H groups in total. The highest BCUT2D eigenvalue weighted by atomic mass is 16.5. The summed E-state index contributed by atoms with van der Waals surface area (Å²) in [5.74, 6) is -0.111. The first-order valence-corrected chi connectivity index (χ1v) is 6.91. The summed E-state index contributed by atoms with van der Waals surface area (Å²) in [7, 11) is 0. The summed E-state index contributed by atoms with van der Waals surface area (Å²) >= 11 is 0. The Balaban J connectivity index is 4.03. The summed E-state index contributed by atoms with van der Waals surface area (Å²) in [4.78, 5) is 12.0. The Morgan fingerprint density at radius 1 is 1.18 bits per heavy atom. The molecule has 0 saturated heterocycles. The van der Waals surface area contributed by atoms with Gasteiger partial charge in [-0.3, -0.25) is 4.79 Å². The lowest BCUT2D eigenvalue weighted by Crippen LogP contribution is -2.28. The Morgan fingerprint density at radius 3 is 2.29 bits per heavy atom. The topological polar surface area (TPSA) is 26.3 Å². The fourth-order valence-corrected chi connectivity index (χ4v) is 1.71. The zero-order valence-corrected chi connectivity index (χ0v) is 11.8. The van der Waals surface area contributed by atoms with Crippen LogP contribution in [0.3, 0.4) is 0 Å². The Morgan fingerprint density at radius 2 is 1.76 bits per heavy atom. The largest absolute Gasteiger partial charge is 0.465 e. The summed E-state index contributed by atoms with van der Waals surface area (Å²) in [6.07, 6.45) is 9.20. The van der Waals surface area contributed by atoms with Gasteiger partial charge in [0, 0.05) is 0 Å². The van der Waals surface area contributed by atoms with E-state index in [2.05, 4.69) is 20.4 Å². The standard InChI is InChI=1S/C15H28O2/c1-5-8-10-12-15(4,7-3)14(16)17-13-11-9-6-2/h7H,3,5-6,8-13H2,1-2,4H3. The first kappa shape index (κ1) is 16.2. The van der Waals surface area contributed by atoms with Crippen LogP contribution in [-0.4, -0.2) is 12.6 Å². The third-order valence-corrected chi connectivity index (χ3v) is 3.20. The first-order chi connectivity index (χ1) is 8.10. The van der Waals surface area contributed by atoms with E-state index in [9.17, 15) is 4.79 Å². The molecule has 0 heterocycles. The van der Waals surface area contributed by atoms with Crippen LogP contribution in [0.5, 0.6) is 0 Å². The van der Waals surface area contributed by atoms with Gasteiger partial charge in [0.15, 0.2) is 0 Å². The molecule has 0 aromatic heterocycles. The summed E-state index contributed by atoms with van der Waals surface area (Å²) < 4.78 is 5.32. The van der Waals surface area contributed by atoms with E-state index in [1.54, 1.807) is 6.08 Å². The lowest BCUT2D eigenvalue weighted by Gasteiger charge is -2.23. The zero-order chi connectivity index (χ0) is 13.1. The molecule has 0 aromatic carbocycles. The van der Waals surface area contributed by atoms with Crippen molar-refractivity contribution in [3.05, 3.63) is 12.7 Å². The van der Waals surface area contributed by atoms with Crippen LogP contribution in [0.4, 0.5) is 0 Å². The highest BCUT2D eigenvalue weighted by molar-refractivity contribution is 5.78. The quantitative estimate of drug-likeness (QED) is 0.319. The Kier molecular flexibility index (Phi) is 8.83. The van der Waals surface area contributed by atoms with E-state index in [1.165, 1.54) is 6.42 Å². The molecule has 0 spiro atoms. The molecule has 0 bridgehead atoms. The smallest absolute Gasteiger partial charge is 0.315 e. The minimum absolute atomic E-state index is 0.111. The van der Waals surface area contributed by atoms with Crippen molar-refractivity contribution in [1.29, 1.82) is 0 Å². The average molecular weight is 240 g/mol. The van der Waals surface area contributed by atoms with Gasteiger partial charge in [0.1, 0.15) is 0 Å². The van der Waals surface area contributed by atoms with Gasteiger partial charge in [-0.1, -0.05) is 52.0 Å². The lowest BCUT2D eigenvalue weighted by atomic mass is 9.85. The van der Waals surface area contributed by atoms with E-state index in [1.807, 2.05) is 6.92 Å². The molecule has 100 valence electrons. The molecule has 17 heavy (non-hydrogen) atoms. The number of carbonyl (C=O) groups excluding carboxylic acids is 1. The maximum absolute atomic E-state index is 12.0. The summed E-state index contributed by atoms with van der Waals surface area (Å²) in [5.41, 5.74) is -0.499. The Bertz CT molecular complexity index is 223. The molecule has 0 aliphatic carbocycles. The van der Waals surface area contributed by atoms with Crippen molar-refractivity contribution in [2.45, 2.75) is 65.7 Å². The van der Waals surface area contributed by atoms with Gasteiger partial charge in [-0.15, -0.1) is 6.58 Å². The van der Waals surface area contributed by atoms with Crippen molar-refractivity contribution in [3.63, 3.8) is 0 Å². The predicted octanol–water partition coefficient (Wildman–Crippen LogP) is 4.49. The van der Waals surface area contributed by atoms with Gasteiger partial charge in [0.2, 0.25) is 0 Å². The van der Waals surface area contributed by atoms with Crippen LogP contribution in [-0.2, 0) is 9.53 Å². The van der Waals surface area contributed by atoms with Gasteiger partial charge in [-0.2, -0.15) is 0 Å². The van der Waals surface area contributed by atoms with Crippen LogP contribution in [0.2, 0.25) is 0 Å². The van der Waals surface area contributed by atoms with Crippen LogP contribution in [0.15, 0.2) is 12.7 Å². The third kappa shape index (κ3) is 6.50. The number of ether oxygens (including phenoxy) is 1. The van der Waals surface area contributed by atoms with E-state index in [-0.39, 0.29) is 5.97 Å². The molecule has 2 heteroatoms. The summed E-state index contributed by atoms with van der Waals surface area (Å²) in [6, 6.07) is 0. The molecule has 0 rings (SSSR count). The molecule has 0 aliphatic rings. The summed E-state index contributed by atoms with van der Waals surface area (Å²) in [6.45, 7) is 10.6. The normalized spacial score (nSPS) is 14.1. The monoisotopic (exact) mass is 240 g/mol. The minimum Gasteiger partial charge on any atom is -0.465 e. The van der Waals surface area contributed by atoms with Crippen LogP contribution in [0.1, 0.15) is 65.7 Å². The molecule has 2 nitrogen and oxygen atoms in total. The number of unbranched alkanes of at least 4 members (excludes halogenated alkanes) is 4. The molecule has 1 unspecified atom stereocenters. The molecule has 0 amide bonds. The first-order valence-electron chi connectivity index (χ1n) is 6.91. The van der Waals surface area contributed by atoms with E-state index in [4.69, 9.17) is 4.74 Å². The third-order valence-electron chi connectivity index (χ3n) is 3.20. The maximum atomic E-state index is 12.0. The zero-order valence-electron chi connectivity index (χ0n) is 11.8.